The summed E-state index contributed by atoms with van der Waals surface area (Å²) < 4.78 is 5.12. The molecule has 0 unspecified atom stereocenters. The lowest BCUT2D eigenvalue weighted by Crippen LogP contribution is -2.54. The van der Waals surface area contributed by atoms with E-state index < -0.39 is 11.7 Å². The number of ether oxygens (including phenoxy) is 1. The predicted molar refractivity (Wildman–Crippen MR) is 60.0 cm³/mol. The van der Waals surface area contributed by atoms with Crippen LogP contribution in [0.5, 0.6) is 0 Å². The minimum atomic E-state index is -0.467. The summed E-state index contributed by atoms with van der Waals surface area (Å²) in [5.41, 5.74) is -0.467. The summed E-state index contributed by atoms with van der Waals surface area (Å²) in [4.78, 5) is 22.1. The number of rotatable bonds is 2. The molecule has 5 nitrogen and oxygen atoms in total. The first-order valence-electron chi connectivity index (χ1n) is 5.53. The van der Waals surface area contributed by atoms with E-state index in [-0.39, 0.29) is 18.0 Å². The third kappa shape index (κ3) is 4.51. The maximum Gasteiger partial charge on any atom is 0.407 e. The fourth-order valence-electron chi connectivity index (χ4n) is 1.62. The molecule has 0 atom stereocenters. The second-order valence-corrected chi connectivity index (χ2v) is 5.21. The molecular formula is C11H20N2O3. The van der Waals surface area contributed by atoms with Crippen LogP contribution in [-0.2, 0) is 9.53 Å². The molecule has 1 aliphatic rings. The number of alkyl carbamates (subject to hydrolysis) is 1. The number of carbonyl (C=O) groups is 2. The van der Waals surface area contributed by atoms with Gasteiger partial charge in [-0.15, -0.1) is 0 Å². The summed E-state index contributed by atoms with van der Waals surface area (Å²) in [6, 6.07) is 0.309. The van der Waals surface area contributed by atoms with Crippen LogP contribution in [0.2, 0.25) is 0 Å². The normalized spacial score (nSPS) is 24.2. The van der Waals surface area contributed by atoms with Gasteiger partial charge < -0.3 is 15.4 Å². The highest BCUT2D eigenvalue weighted by Crippen LogP contribution is 2.20. The van der Waals surface area contributed by atoms with Crippen LogP contribution in [0.15, 0.2) is 0 Å². The summed E-state index contributed by atoms with van der Waals surface area (Å²) in [5, 5.41) is 5.56. The zero-order chi connectivity index (χ0) is 12.3. The standard InChI is InChI=1S/C11H20N2O3/c1-7(14)12-8-5-9(6-8)13-10(15)16-11(2,3)4/h8-9H,5-6H2,1-4H3,(H,12,14)(H,13,15). The highest BCUT2D eigenvalue weighted by Gasteiger charge is 2.31. The number of hydrogen-bond donors (Lipinski definition) is 2. The average molecular weight is 228 g/mol. The third-order valence-corrected chi connectivity index (χ3v) is 2.27. The Kier molecular flexibility index (Phi) is 3.78. The Labute approximate surface area is 95.9 Å². The van der Waals surface area contributed by atoms with Crippen LogP contribution < -0.4 is 10.6 Å². The van der Waals surface area contributed by atoms with Crippen molar-refractivity contribution >= 4 is 12.0 Å². The van der Waals surface area contributed by atoms with Crippen molar-refractivity contribution < 1.29 is 14.3 Å². The summed E-state index contributed by atoms with van der Waals surface area (Å²) in [7, 11) is 0. The molecule has 2 amide bonds. The predicted octanol–water partition coefficient (Wildman–Crippen LogP) is 1.18. The summed E-state index contributed by atoms with van der Waals surface area (Å²) in [6.07, 6.45) is 1.16. The van der Waals surface area contributed by atoms with Crippen LogP contribution in [-0.4, -0.2) is 29.7 Å². The highest BCUT2D eigenvalue weighted by molar-refractivity contribution is 5.73. The first-order chi connectivity index (χ1) is 7.26. The molecule has 2 N–H and O–H groups in total. The summed E-state index contributed by atoms with van der Waals surface area (Å²) in [6.45, 7) is 6.98. The van der Waals surface area contributed by atoms with Crippen molar-refractivity contribution in [3.8, 4) is 0 Å². The maximum absolute atomic E-state index is 11.4. The molecule has 0 aromatic rings. The molecule has 0 aromatic carbocycles. The molecule has 1 fully saturated rings. The lowest BCUT2D eigenvalue weighted by atomic mass is 9.87. The van der Waals surface area contributed by atoms with Gasteiger partial charge in [0.2, 0.25) is 5.91 Å². The van der Waals surface area contributed by atoms with Gasteiger partial charge in [-0.25, -0.2) is 4.79 Å². The van der Waals surface area contributed by atoms with Gasteiger partial charge in [0.15, 0.2) is 0 Å². The fraction of sp³-hybridized carbons (Fsp3) is 0.818. The van der Waals surface area contributed by atoms with Crippen molar-refractivity contribution in [2.24, 2.45) is 0 Å². The third-order valence-electron chi connectivity index (χ3n) is 2.27. The molecule has 0 spiro atoms. The van der Waals surface area contributed by atoms with E-state index in [0.717, 1.165) is 12.8 Å². The van der Waals surface area contributed by atoms with E-state index in [4.69, 9.17) is 4.74 Å². The van der Waals surface area contributed by atoms with Gasteiger partial charge in [0.25, 0.3) is 0 Å². The SMILES string of the molecule is CC(=O)NC1CC(NC(=O)OC(C)(C)C)C1. The summed E-state index contributed by atoms with van der Waals surface area (Å²) >= 11 is 0. The fourth-order valence-corrected chi connectivity index (χ4v) is 1.62. The van der Waals surface area contributed by atoms with Crippen LogP contribution in [0.3, 0.4) is 0 Å². The zero-order valence-electron chi connectivity index (χ0n) is 10.3. The van der Waals surface area contributed by atoms with Crippen LogP contribution in [0.4, 0.5) is 4.79 Å². The van der Waals surface area contributed by atoms with Gasteiger partial charge in [0, 0.05) is 19.0 Å². The topological polar surface area (TPSA) is 67.4 Å². The molecule has 5 heteroatoms. The molecule has 16 heavy (non-hydrogen) atoms. The lowest BCUT2D eigenvalue weighted by molar-refractivity contribution is -0.120. The molecule has 0 aromatic heterocycles. The maximum atomic E-state index is 11.4. The number of amides is 2. The molecule has 0 bridgehead atoms. The minimum Gasteiger partial charge on any atom is -0.444 e. The van der Waals surface area contributed by atoms with Crippen molar-refractivity contribution in [2.45, 2.75) is 58.2 Å². The van der Waals surface area contributed by atoms with Gasteiger partial charge in [0.05, 0.1) is 0 Å². The van der Waals surface area contributed by atoms with Crippen molar-refractivity contribution in [1.29, 1.82) is 0 Å². The first-order valence-corrected chi connectivity index (χ1v) is 5.53. The molecule has 0 heterocycles. The Morgan fingerprint density at radius 3 is 2.06 bits per heavy atom. The Balaban J connectivity index is 2.17. The van der Waals surface area contributed by atoms with E-state index in [1.54, 1.807) is 0 Å². The van der Waals surface area contributed by atoms with Gasteiger partial charge in [-0.05, 0) is 33.6 Å². The smallest absolute Gasteiger partial charge is 0.407 e. The van der Waals surface area contributed by atoms with Crippen molar-refractivity contribution in [1.82, 2.24) is 10.6 Å². The molecule has 0 radical (unpaired) electrons. The van der Waals surface area contributed by atoms with E-state index in [2.05, 4.69) is 10.6 Å². The zero-order valence-corrected chi connectivity index (χ0v) is 10.3. The Morgan fingerprint density at radius 1 is 1.12 bits per heavy atom. The molecule has 0 aliphatic heterocycles. The van der Waals surface area contributed by atoms with E-state index in [0.29, 0.717) is 0 Å². The van der Waals surface area contributed by atoms with E-state index in [1.165, 1.54) is 6.92 Å². The number of hydrogen-bond acceptors (Lipinski definition) is 3. The van der Waals surface area contributed by atoms with Crippen LogP contribution in [0.1, 0.15) is 40.5 Å². The van der Waals surface area contributed by atoms with Crippen molar-refractivity contribution in [3.63, 3.8) is 0 Å². The largest absolute Gasteiger partial charge is 0.444 e. The second-order valence-electron chi connectivity index (χ2n) is 5.21. The van der Waals surface area contributed by atoms with Crippen molar-refractivity contribution in [2.75, 3.05) is 0 Å². The molecule has 1 aliphatic carbocycles. The van der Waals surface area contributed by atoms with Gasteiger partial charge >= 0.3 is 6.09 Å². The average Bonchev–Trinajstić information content (AvgIpc) is 1.95. The quantitative estimate of drug-likeness (QED) is 0.745. The second kappa shape index (κ2) is 4.72. The Bertz CT molecular complexity index is 277. The molecule has 1 rings (SSSR count). The Hall–Kier alpha value is -1.26. The van der Waals surface area contributed by atoms with Crippen LogP contribution >= 0.6 is 0 Å². The highest BCUT2D eigenvalue weighted by atomic mass is 16.6. The lowest BCUT2D eigenvalue weighted by Gasteiger charge is -2.36. The van der Waals surface area contributed by atoms with Gasteiger partial charge in [-0.3, -0.25) is 4.79 Å². The van der Waals surface area contributed by atoms with E-state index >= 15 is 0 Å². The molecule has 0 saturated heterocycles. The Morgan fingerprint density at radius 2 is 1.62 bits per heavy atom. The summed E-state index contributed by atoms with van der Waals surface area (Å²) in [5.74, 6) is -0.0271. The number of carbonyl (C=O) groups excluding carboxylic acids is 2. The monoisotopic (exact) mass is 228 g/mol. The van der Waals surface area contributed by atoms with Gasteiger partial charge in [-0.2, -0.15) is 0 Å². The van der Waals surface area contributed by atoms with Crippen LogP contribution in [0, 0.1) is 0 Å². The van der Waals surface area contributed by atoms with Gasteiger partial charge in [0.1, 0.15) is 5.60 Å². The van der Waals surface area contributed by atoms with E-state index in [1.807, 2.05) is 20.8 Å². The molecule has 1 saturated carbocycles. The van der Waals surface area contributed by atoms with Crippen molar-refractivity contribution in [3.05, 3.63) is 0 Å². The van der Waals surface area contributed by atoms with Crippen LogP contribution in [0.25, 0.3) is 0 Å². The molecule has 92 valence electrons. The van der Waals surface area contributed by atoms with E-state index in [9.17, 15) is 9.59 Å². The minimum absolute atomic E-state index is 0.0271. The first kappa shape index (κ1) is 12.8. The number of nitrogens with one attached hydrogen (secondary N) is 2. The van der Waals surface area contributed by atoms with Gasteiger partial charge in [-0.1, -0.05) is 0 Å². The molecular weight excluding hydrogens is 208 g/mol.